The largest absolute Gasteiger partial charge is 0.457 e. The quantitative estimate of drug-likeness (QED) is 0.334. The Morgan fingerprint density at radius 1 is 0.667 bits per heavy atom. The van der Waals surface area contributed by atoms with E-state index in [9.17, 15) is 9.59 Å². The van der Waals surface area contributed by atoms with Gasteiger partial charge in [0.05, 0.1) is 61.2 Å². The van der Waals surface area contributed by atoms with E-state index in [1.54, 1.807) is 52.3 Å². The Hall–Kier alpha value is -2.92. The van der Waals surface area contributed by atoms with Crippen molar-refractivity contribution in [1.29, 1.82) is 0 Å². The standard InChI is InChI=1S/C26H36N2O8/c1-17(13-31-5)33-15-19(3)35-25(29)21-7-9-27-23(11-21)24-12-22(8-10-28-24)26(30)36-20(4)16-34-18(2)14-32-6/h7-12,17-20H,13-16H2,1-6H3. The van der Waals surface area contributed by atoms with Crippen LogP contribution in [0.15, 0.2) is 36.7 Å². The van der Waals surface area contributed by atoms with Gasteiger partial charge in [-0.15, -0.1) is 0 Å². The molecule has 2 heterocycles. The van der Waals surface area contributed by atoms with E-state index in [1.807, 2.05) is 13.8 Å². The maximum atomic E-state index is 12.6. The van der Waals surface area contributed by atoms with Crippen LogP contribution in [0.3, 0.4) is 0 Å². The van der Waals surface area contributed by atoms with Gasteiger partial charge in [-0.1, -0.05) is 0 Å². The number of methoxy groups -OCH3 is 2. The molecule has 2 aromatic heterocycles. The van der Waals surface area contributed by atoms with E-state index in [-0.39, 0.29) is 25.4 Å². The average Bonchev–Trinajstić information content (AvgIpc) is 2.86. The molecule has 10 nitrogen and oxygen atoms in total. The normalized spacial score (nSPS) is 14.5. The molecule has 4 atom stereocenters. The van der Waals surface area contributed by atoms with Crippen LogP contribution in [-0.2, 0) is 28.4 Å². The summed E-state index contributed by atoms with van der Waals surface area (Å²) in [6.45, 7) is 8.65. The first-order valence-corrected chi connectivity index (χ1v) is 11.8. The smallest absolute Gasteiger partial charge is 0.338 e. The molecular weight excluding hydrogens is 468 g/mol. The van der Waals surface area contributed by atoms with Crippen LogP contribution >= 0.6 is 0 Å². The fourth-order valence-electron chi connectivity index (χ4n) is 3.13. The van der Waals surface area contributed by atoms with Crippen molar-refractivity contribution in [2.75, 3.05) is 40.6 Å². The summed E-state index contributed by atoms with van der Waals surface area (Å²) in [6, 6.07) is 6.23. The van der Waals surface area contributed by atoms with Gasteiger partial charge in [0.25, 0.3) is 0 Å². The average molecular weight is 505 g/mol. The molecule has 0 fully saturated rings. The highest BCUT2D eigenvalue weighted by Crippen LogP contribution is 2.18. The van der Waals surface area contributed by atoms with Gasteiger partial charge < -0.3 is 28.4 Å². The van der Waals surface area contributed by atoms with Crippen LogP contribution < -0.4 is 0 Å². The Morgan fingerprint density at radius 2 is 1.06 bits per heavy atom. The maximum Gasteiger partial charge on any atom is 0.338 e. The molecule has 0 aliphatic carbocycles. The summed E-state index contributed by atoms with van der Waals surface area (Å²) in [7, 11) is 3.19. The number of rotatable bonds is 15. The first-order chi connectivity index (χ1) is 17.2. The molecule has 0 bridgehead atoms. The maximum absolute atomic E-state index is 12.6. The number of carbonyl (C=O) groups is 2. The molecule has 4 unspecified atom stereocenters. The SMILES string of the molecule is COCC(C)OCC(C)OC(=O)c1ccnc(-c2cc(C(=O)OC(C)COC(C)COC)ccn2)c1. The molecule has 0 radical (unpaired) electrons. The molecule has 36 heavy (non-hydrogen) atoms. The summed E-state index contributed by atoms with van der Waals surface area (Å²) in [4.78, 5) is 33.8. The van der Waals surface area contributed by atoms with Crippen LogP contribution in [0.25, 0.3) is 11.4 Å². The van der Waals surface area contributed by atoms with Gasteiger partial charge in [0.15, 0.2) is 0 Å². The van der Waals surface area contributed by atoms with Gasteiger partial charge in [-0.25, -0.2) is 9.59 Å². The fraction of sp³-hybridized carbons (Fsp3) is 0.538. The van der Waals surface area contributed by atoms with Crippen molar-refractivity contribution in [3.63, 3.8) is 0 Å². The van der Waals surface area contributed by atoms with Gasteiger partial charge in [0, 0.05) is 26.6 Å². The Bertz CT molecular complexity index is 893. The van der Waals surface area contributed by atoms with E-state index < -0.39 is 24.1 Å². The minimum absolute atomic E-state index is 0.108. The Labute approximate surface area is 212 Å². The lowest BCUT2D eigenvalue weighted by atomic mass is 10.1. The van der Waals surface area contributed by atoms with Crippen LogP contribution in [0.1, 0.15) is 48.4 Å². The molecule has 0 aromatic carbocycles. The highest BCUT2D eigenvalue weighted by atomic mass is 16.6. The van der Waals surface area contributed by atoms with Crippen molar-refractivity contribution in [2.24, 2.45) is 0 Å². The molecule has 198 valence electrons. The molecule has 2 rings (SSSR count). The van der Waals surface area contributed by atoms with Gasteiger partial charge in [0.1, 0.15) is 12.2 Å². The zero-order chi connectivity index (χ0) is 26.5. The van der Waals surface area contributed by atoms with Gasteiger partial charge >= 0.3 is 11.9 Å². The summed E-state index contributed by atoms with van der Waals surface area (Å²) in [5, 5.41) is 0. The number of hydrogen-bond donors (Lipinski definition) is 0. The number of esters is 2. The summed E-state index contributed by atoms with van der Waals surface area (Å²) in [5.74, 6) is -1.03. The molecule has 0 saturated carbocycles. The summed E-state index contributed by atoms with van der Waals surface area (Å²) in [5.41, 5.74) is 1.45. The lowest BCUT2D eigenvalue weighted by molar-refractivity contribution is -0.0384. The second-order valence-corrected chi connectivity index (χ2v) is 8.49. The van der Waals surface area contributed by atoms with Gasteiger partial charge in [-0.3, -0.25) is 9.97 Å². The Kier molecular flexibility index (Phi) is 12.4. The second-order valence-electron chi connectivity index (χ2n) is 8.49. The van der Waals surface area contributed by atoms with Gasteiger partial charge in [0.2, 0.25) is 0 Å². The highest BCUT2D eigenvalue weighted by molar-refractivity contribution is 5.92. The van der Waals surface area contributed by atoms with Crippen LogP contribution in [0.5, 0.6) is 0 Å². The van der Waals surface area contributed by atoms with Crippen LogP contribution in [0.4, 0.5) is 0 Å². The van der Waals surface area contributed by atoms with E-state index in [4.69, 9.17) is 28.4 Å². The van der Waals surface area contributed by atoms with Gasteiger partial charge in [-0.2, -0.15) is 0 Å². The first-order valence-electron chi connectivity index (χ1n) is 11.8. The minimum atomic E-state index is -0.513. The van der Waals surface area contributed by atoms with Gasteiger partial charge in [-0.05, 0) is 52.0 Å². The number of aromatic nitrogens is 2. The van der Waals surface area contributed by atoms with Crippen LogP contribution in [-0.4, -0.2) is 87.0 Å². The third kappa shape index (κ3) is 9.98. The van der Waals surface area contributed by atoms with Crippen LogP contribution in [0, 0.1) is 0 Å². The lowest BCUT2D eigenvalue weighted by Crippen LogP contribution is -2.25. The summed E-state index contributed by atoms with van der Waals surface area (Å²) in [6.07, 6.45) is 1.86. The molecule has 2 aromatic rings. The predicted octanol–water partition coefficient (Wildman–Crippen LogP) is 3.34. The van der Waals surface area contributed by atoms with Crippen molar-refractivity contribution in [2.45, 2.75) is 52.1 Å². The van der Waals surface area contributed by atoms with E-state index in [0.29, 0.717) is 35.7 Å². The lowest BCUT2D eigenvalue weighted by Gasteiger charge is -2.17. The zero-order valence-electron chi connectivity index (χ0n) is 21.8. The topological polar surface area (TPSA) is 115 Å². The second kappa shape index (κ2) is 15.2. The Balaban J connectivity index is 2.00. The van der Waals surface area contributed by atoms with Crippen molar-refractivity contribution in [1.82, 2.24) is 9.97 Å². The Morgan fingerprint density at radius 3 is 1.42 bits per heavy atom. The fourth-order valence-corrected chi connectivity index (χ4v) is 3.13. The molecule has 0 saturated heterocycles. The van der Waals surface area contributed by atoms with Crippen molar-refractivity contribution >= 4 is 11.9 Å². The number of nitrogens with zero attached hydrogens (tertiary/aromatic N) is 2. The van der Waals surface area contributed by atoms with Crippen LogP contribution in [0.2, 0.25) is 0 Å². The first kappa shape index (κ1) is 29.3. The third-order valence-corrected chi connectivity index (χ3v) is 4.90. The highest BCUT2D eigenvalue weighted by Gasteiger charge is 2.17. The molecule has 0 spiro atoms. The monoisotopic (exact) mass is 504 g/mol. The summed E-state index contributed by atoms with van der Waals surface area (Å²) >= 11 is 0. The molecule has 0 aliphatic rings. The van der Waals surface area contributed by atoms with E-state index in [2.05, 4.69) is 9.97 Å². The molecule has 10 heteroatoms. The number of pyridine rings is 2. The number of carbonyl (C=O) groups excluding carboxylic acids is 2. The van der Waals surface area contributed by atoms with E-state index >= 15 is 0 Å². The zero-order valence-corrected chi connectivity index (χ0v) is 21.8. The molecule has 0 amide bonds. The summed E-state index contributed by atoms with van der Waals surface area (Å²) < 4.78 is 32.2. The predicted molar refractivity (Wildman–Crippen MR) is 132 cm³/mol. The van der Waals surface area contributed by atoms with Crippen molar-refractivity contribution in [3.8, 4) is 11.4 Å². The number of hydrogen-bond acceptors (Lipinski definition) is 10. The van der Waals surface area contributed by atoms with E-state index in [0.717, 1.165) is 0 Å². The van der Waals surface area contributed by atoms with Crippen molar-refractivity contribution < 1.29 is 38.0 Å². The molecule has 0 aliphatic heterocycles. The van der Waals surface area contributed by atoms with E-state index in [1.165, 1.54) is 12.4 Å². The third-order valence-electron chi connectivity index (χ3n) is 4.90. The number of ether oxygens (including phenoxy) is 6. The molecular formula is C26H36N2O8. The minimum Gasteiger partial charge on any atom is -0.457 e. The van der Waals surface area contributed by atoms with Crippen molar-refractivity contribution in [3.05, 3.63) is 47.8 Å². The molecule has 0 N–H and O–H groups in total.